The van der Waals surface area contributed by atoms with E-state index in [-0.39, 0.29) is 11.9 Å². The van der Waals surface area contributed by atoms with Crippen LogP contribution in [0.1, 0.15) is 46.5 Å². The number of carbonyl (C=O) groups excluding carboxylic acids is 1. The van der Waals surface area contributed by atoms with E-state index in [1.165, 1.54) is 6.42 Å². The molecule has 1 aromatic carbocycles. The summed E-state index contributed by atoms with van der Waals surface area (Å²) in [5, 5.41) is 3.32. The first-order valence-electron chi connectivity index (χ1n) is 9.04. The first-order valence-corrected chi connectivity index (χ1v) is 9.04. The minimum atomic E-state index is -0.266. The molecule has 1 fully saturated rings. The van der Waals surface area contributed by atoms with Crippen LogP contribution in [0.15, 0.2) is 18.2 Å². The monoisotopic (exact) mass is 332 g/mol. The molecule has 1 saturated heterocycles. The Morgan fingerprint density at radius 1 is 1.12 bits per heavy atom. The molecule has 2 aliphatic rings. The molecule has 0 spiro atoms. The summed E-state index contributed by atoms with van der Waals surface area (Å²) < 4.78 is 11.4. The van der Waals surface area contributed by atoms with Crippen molar-refractivity contribution in [2.24, 2.45) is 0 Å². The summed E-state index contributed by atoms with van der Waals surface area (Å²) in [5.74, 6) is 1.69. The first-order chi connectivity index (χ1) is 11.6. The highest BCUT2D eigenvalue weighted by atomic mass is 16.5. The van der Waals surface area contributed by atoms with Gasteiger partial charge in [0.2, 0.25) is 5.91 Å². The normalized spacial score (nSPS) is 24.9. The van der Waals surface area contributed by atoms with Gasteiger partial charge in [0.15, 0.2) is 11.5 Å². The number of likely N-dealkylation sites (tertiary alicyclic amines) is 1. The maximum Gasteiger partial charge on any atom is 0.245 e. The highest BCUT2D eigenvalue weighted by molar-refractivity contribution is 5.85. The van der Waals surface area contributed by atoms with Gasteiger partial charge in [-0.2, -0.15) is 0 Å². The van der Waals surface area contributed by atoms with Crippen molar-refractivity contribution in [3.63, 3.8) is 0 Å². The quantitative estimate of drug-likeness (QED) is 0.921. The number of ether oxygens (including phenoxy) is 2. The molecule has 0 aromatic heterocycles. The third kappa shape index (κ3) is 3.60. The van der Waals surface area contributed by atoms with Crippen molar-refractivity contribution in [1.82, 2.24) is 4.90 Å². The Hall–Kier alpha value is -1.91. The van der Waals surface area contributed by atoms with Crippen molar-refractivity contribution in [3.05, 3.63) is 18.2 Å². The van der Waals surface area contributed by atoms with E-state index < -0.39 is 0 Å². The van der Waals surface area contributed by atoms with E-state index in [9.17, 15) is 4.79 Å². The Morgan fingerprint density at radius 2 is 1.79 bits per heavy atom. The Morgan fingerprint density at radius 3 is 2.50 bits per heavy atom. The van der Waals surface area contributed by atoms with Crippen LogP contribution in [0.4, 0.5) is 5.69 Å². The number of anilines is 1. The molecule has 2 aliphatic heterocycles. The number of piperidine rings is 1. The Bertz CT molecular complexity index is 580. The summed E-state index contributed by atoms with van der Waals surface area (Å²) in [4.78, 5) is 14.9. The lowest BCUT2D eigenvalue weighted by Gasteiger charge is -2.40. The van der Waals surface area contributed by atoms with Crippen molar-refractivity contribution in [1.29, 1.82) is 0 Å². The number of nitrogens with zero attached hydrogens (tertiary/aromatic N) is 1. The molecule has 1 N–H and O–H groups in total. The smallest absolute Gasteiger partial charge is 0.245 e. The zero-order valence-corrected chi connectivity index (χ0v) is 14.9. The van der Waals surface area contributed by atoms with Crippen LogP contribution >= 0.6 is 0 Å². The van der Waals surface area contributed by atoms with Crippen LogP contribution in [0.2, 0.25) is 0 Å². The fraction of sp³-hybridized carbons (Fsp3) is 0.632. The van der Waals surface area contributed by atoms with E-state index in [1.54, 1.807) is 0 Å². The topological polar surface area (TPSA) is 50.8 Å². The second kappa shape index (κ2) is 7.32. The maximum atomic E-state index is 12.9. The van der Waals surface area contributed by atoms with Crippen molar-refractivity contribution in [2.75, 3.05) is 18.5 Å². The molecule has 24 heavy (non-hydrogen) atoms. The van der Waals surface area contributed by atoms with Crippen LogP contribution in [-0.2, 0) is 4.79 Å². The average molecular weight is 332 g/mol. The number of benzene rings is 1. The van der Waals surface area contributed by atoms with E-state index in [0.717, 1.165) is 36.4 Å². The molecule has 5 heteroatoms. The molecule has 0 saturated carbocycles. The molecule has 0 bridgehead atoms. The first kappa shape index (κ1) is 16.9. The molecule has 1 amide bonds. The van der Waals surface area contributed by atoms with E-state index in [0.29, 0.717) is 25.3 Å². The van der Waals surface area contributed by atoms with Crippen LogP contribution in [0.5, 0.6) is 11.5 Å². The standard InChI is InChI=1S/C19H28N2O3/c1-13-6-4-7-14(2)21(13)19(22)15(3)20-16-8-9-17-18(12-16)24-11-5-10-23-17/h8-9,12-15,20H,4-7,10-11H2,1-3H3/t13-,14-,15+/m1/s1. The van der Waals surface area contributed by atoms with Gasteiger partial charge < -0.3 is 19.7 Å². The fourth-order valence-corrected chi connectivity index (χ4v) is 3.64. The fourth-order valence-electron chi connectivity index (χ4n) is 3.64. The van der Waals surface area contributed by atoms with Crippen LogP contribution in [0.25, 0.3) is 0 Å². The highest BCUT2D eigenvalue weighted by Gasteiger charge is 2.31. The number of hydrogen-bond acceptors (Lipinski definition) is 4. The average Bonchev–Trinajstić information content (AvgIpc) is 2.79. The largest absolute Gasteiger partial charge is 0.490 e. The third-order valence-electron chi connectivity index (χ3n) is 4.95. The molecule has 132 valence electrons. The lowest BCUT2D eigenvalue weighted by atomic mass is 9.96. The van der Waals surface area contributed by atoms with E-state index >= 15 is 0 Å². The number of fused-ring (bicyclic) bond motifs is 1. The van der Waals surface area contributed by atoms with Crippen molar-refractivity contribution >= 4 is 11.6 Å². The maximum absolute atomic E-state index is 12.9. The zero-order valence-electron chi connectivity index (χ0n) is 14.9. The molecule has 5 nitrogen and oxygen atoms in total. The Kier molecular flexibility index (Phi) is 5.17. The van der Waals surface area contributed by atoms with Gasteiger partial charge in [-0.05, 0) is 52.2 Å². The number of hydrogen-bond donors (Lipinski definition) is 1. The van der Waals surface area contributed by atoms with Gasteiger partial charge in [0.05, 0.1) is 13.2 Å². The van der Waals surface area contributed by atoms with Gasteiger partial charge in [0.1, 0.15) is 6.04 Å². The zero-order chi connectivity index (χ0) is 17.1. The van der Waals surface area contributed by atoms with Gasteiger partial charge in [0.25, 0.3) is 0 Å². The number of amides is 1. The molecule has 0 radical (unpaired) electrons. The molecule has 3 rings (SSSR count). The summed E-state index contributed by atoms with van der Waals surface area (Å²) in [6, 6.07) is 6.14. The summed E-state index contributed by atoms with van der Waals surface area (Å²) in [6.07, 6.45) is 4.27. The molecular weight excluding hydrogens is 304 g/mol. The molecule has 0 aliphatic carbocycles. The molecule has 0 unspecified atom stereocenters. The minimum absolute atomic E-state index is 0.168. The van der Waals surface area contributed by atoms with Crippen LogP contribution in [0, 0.1) is 0 Å². The van der Waals surface area contributed by atoms with Gasteiger partial charge in [0, 0.05) is 30.3 Å². The van der Waals surface area contributed by atoms with Crippen molar-refractivity contribution in [2.45, 2.75) is 64.6 Å². The second-order valence-corrected chi connectivity index (χ2v) is 6.95. The second-order valence-electron chi connectivity index (χ2n) is 6.95. The summed E-state index contributed by atoms with van der Waals surface area (Å²) in [7, 11) is 0. The van der Waals surface area contributed by atoms with Crippen LogP contribution in [0.3, 0.4) is 0 Å². The predicted molar refractivity (Wildman–Crippen MR) is 94.8 cm³/mol. The summed E-state index contributed by atoms with van der Waals surface area (Å²) in [6.45, 7) is 7.56. The van der Waals surface area contributed by atoms with Gasteiger partial charge in [-0.1, -0.05) is 0 Å². The molecular formula is C19H28N2O3. The number of rotatable bonds is 3. The van der Waals surface area contributed by atoms with E-state index in [1.807, 2.05) is 30.0 Å². The highest BCUT2D eigenvalue weighted by Crippen LogP contribution is 2.32. The summed E-state index contributed by atoms with van der Waals surface area (Å²) >= 11 is 0. The van der Waals surface area contributed by atoms with Crippen LogP contribution < -0.4 is 14.8 Å². The van der Waals surface area contributed by atoms with E-state index in [4.69, 9.17) is 9.47 Å². The lowest BCUT2D eigenvalue weighted by Crippen LogP contribution is -2.52. The van der Waals surface area contributed by atoms with Gasteiger partial charge >= 0.3 is 0 Å². The minimum Gasteiger partial charge on any atom is -0.490 e. The Labute approximate surface area is 144 Å². The molecule has 2 heterocycles. The summed E-state index contributed by atoms with van der Waals surface area (Å²) in [5.41, 5.74) is 0.886. The molecule has 3 atom stereocenters. The van der Waals surface area contributed by atoms with Gasteiger partial charge in [-0.25, -0.2) is 0 Å². The third-order valence-corrected chi connectivity index (χ3v) is 4.95. The predicted octanol–water partition coefficient (Wildman–Crippen LogP) is 3.44. The Balaban J connectivity index is 1.69. The van der Waals surface area contributed by atoms with E-state index in [2.05, 4.69) is 19.2 Å². The van der Waals surface area contributed by atoms with Crippen molar-refractivity contribution < 1.29 is 14.3 Å². The van der Waals surface area contributed by atoms with Crippen LogP contribution in [-0.4, -0.2) is 42.1 Å². The molecule has 1 aromatic rings. The SMILES string of the molecule is C[C@H](Nc1ccc2c(c1)OCCCO2)C(=O)N1[C@H](C)CCC[C@H]1C. The number of carbonyl (C=O) groups is 1. The van der Waals surface area contributed by atoms with Gasteiger partial charge in [-0.15, -0.1) is 0 Å². The van der Waals surface area contributed by atoms with Gasteiger partial charge in [-0.3, -0.25) is 4.79 Å². The van der Waals surface area contributed by atoms with Crippen molar-refractivity contribution in [3.8, 4) is 11.5 Å². The lowest BCUT2D eigenvalue weighted by molar-refractivity contribution is -0.137. The number of nitrogens with one attached hydrogen (secondary N) is 1.